The average Bonchev–Trinajstić information content (AvgIpc) is 2.84. The van der Waals surface area contributed by atoms with Crippen molar-refractivity contribution in [3.05, 3.63) is 35.6 Å². The number of anilines is 1. The summed E-state index contributed by atoms with van der Waals surface area (Å²) >= 11 is 7.39. The Labute approximate surface area is 113 Å². The Hall–Kier alpha value is -1.53. The molecule has 0 aliphatic heterocycles. The van der Waals surface area contributed by atoms with Crippen molar-refractivity contribution in [2.24, 2.45) is 0 Å². The van der Waals surface area contributed by atoms with Crippen LogP contribution in [0.5, 0.6) is 0 Å². The molecule has 0 unspecified atom stereocenters. The van der Waals surface area contributed by atoms with E-state index in [9.17, 15) is 4.79 Å². The lowest BCUT2D eigenvalue weighted by Crippen LogP contribution is -2.13. The molecule has 0 atom stereocenters. The number of aromatic amines is 1. The highest BCUT2D eigenvalue weighted by atomic mass is 35.5. The number of carbonyl (C=O) groups is 1. The molecular formula is C11H11ClN4OS. The molecule has 7 heteroatoms. The fraction of sp³-hybridized carbons (Fsp3) is 0.182. The largest absolute Gasteiger partial charge is 0.295 e. The Morgan fingerprint density at radius 1 is 1.39 bits per heavy atom. The van der Waals surface area contributed by atoms with Gasteiger partial charge >= 0.3 is 0 Å². The van der Waals surface area contributed by atoms with Gasteiger partial charge in [0.2, 0.25) is 11.9 Å². The van der Waals surface area contributed by atoms with Gasteiger partial charge in [0.05, 0.1) is 0 Å². The van der Waals surface area contributed by atoms with Crippen LogP contribution in [0, 0.1) is 0 Å². The molecular weight excluding hydrogens is 272 g/mol. The molecule has 94 valence electrons. The number of aromatic nitrogens is 3. The summed E-state index contributed by atoms with van der Waals surface area (Å²) < 4.78 is 0. The van der Waals surface area contributed by atoms with Gasteiger partial charge in [-0.3, -0.25) is 10.1 Å². The van der Waals surface area contributed by atoms with Crippen LogP contribution in [-0.2, 0) is 4.79 Å². The highest BCUT2D eigenvalue weighted by Crippen LogP contribution is 2.20. The first-order chi connectivity index (χ1) is 8.74. The van der Waals surface area contributed by atoms with Crippen molar-refractivity contribution >= 4 is 35.2 Å². The van der Waals surface area contributed by atoms with Crippen molar-refractivity contribution in [3.63, 3.8) is 0 Å². The SMILES string of the molecule is O=C(CCSc1ccc(Cl)cc1)Nc1ncn[nH]1. The van der Waals surface area contributed by atoms with Crippen molar-refractivity contribution in [2.75, 3.05) is 11.1 Å². The molecule has 0 saturated carbocycles. The zero-order valence-corrected chi connectivity index (χ0v) is 11.0. The molecule has 0 radical (unpaired) electrons. The minimum Gasteiger partial charge on any atom is -0.295 e. The highest BCUT2D eigenvalue weighted by molar-refractivity contribution is 7.99. The van der Waals surface area contributed by atoms with Gasteiger partial charge in [-0.1, -0.05) is 11.6 Å². The predicted octanol–water partition coefficient (Wildman–Crippen LogP) is 2.58. The quantitative estimate of drug-likeness (QED) is 0.827. The lowest BCUT2D eigenvalue weighted by molar-refractivity contribution is -0.115. The number of benzene rings is 1. The molecule has 1 aromatic heterocycles. The average molecular weight is 283 g/mol. The molecule has 0 spiro atoms. The third-order valence-electron chi connectivity index (χ3n) is 2.08. The van der Waals surface area contributed by atoms with Gasteiger partial charge in [0.25, 0.3) is 0 Å². The number of hydrogen-bond donors (Lipinski definition) is 2. The molecule has 5 nitrogen and oxygen atoms in total. The lowest BCUT2D eigenvalue weighted by Gasteiger charge is -2.02. The van der Waals surface area contributed by atoms with E-state index in [2.05, 4.69) is 20.5 Å². The summed E-state index contributed by atoms with van der Waals surface area (Å²) in [5.74, 6) is 0.978. The normalized spacial score (nSPS) is 10.3. The third kappa shape index (κ3) is 4.05. The van der Waals surface area contributed by atoms with E-state index in [1.165, 1.54) is 6.33 Å². The Morgan fingerprint density at radius 3 is 2.83 bits per heavy atom. The summed E-state index contributed by atoms with van der Waals surface area (Å²) in [4.78, 5) is 16.4. The molecule has 2 N–H and O–H groups in total. The second kappa shape index (κ2) is 6.42. The van der Waals surface area contributed by atoms with Crippen molar-refractivity contribution < 1.29 is 4.79 Å². The fourth-order valence-electron chi connectivity index (χ4n) is 1.25. The number of carbonyl (C=O) groups excluding carboxylic acids is 1. The zero-order chi connectivity index (χ0) is 12.8. The van der Waals surface area contributed by atoms with E-state index in [1.54, 1.807) is 11.8 Å². The van der Waals surface area contributed by atoms with Crippen LogP contribution in [0.3, 0.4) is 0 Å². The number of rotatable bonds is 5. The summed E-state index contributed by atoms with van der Waals surface area (Å²) in [6.45, 7) is 0. The Morgan fingerprint density at radius 2 is 2.17 bits per heavy atom. The van der Waals surface area contributed by atoms with E-state index in [4.69, 9.17) is 11.6 Å². The molecule has 2 rings (SSSR count). The fourth-order valence-corrected chi connectivity index (χ4v) is 2.23. The molecule has 1 heterocycles. The topological polar surface area (TPSA) is 70.7 Å². The second-order valence-corrected chi connectivity index (χ2v) is 5.04. The first kappa shape index (κ1) is 12.9. The lowest BCUT2D eigenvalue weighted by atomic mass is 10.4. The van der Waals surface area contributed by atoms with Crippen LogP contribution in [-0.4, -0.2) is 26.8 Å². The smallest absolute Gasteiger partial charge is 0.227 e. The van der Waals surface area contributed by atoms with Crippen molar-refractivity contribution in [2.45, 2.75) is 11.3 Å². The van der Waals surface area contributed by atoms with Crippen LogP contribution in [0.2, 0.25) is 5.02 Å². The van der Waals surface area contributed by atoms with Crippen LogP contribution >= 0.6 is 23.4 Å². The van der Waals surface area contributed by atoms with Crippen molar-refractivity contribution in [1.29, 1.82) is 0 Å². The zero-order valence-electron chi connectivity index (χ0n) is 9.39. The molecule has 1 aromatic carbocycles. The van der Waals surface area contributed by atoms with Gasteiger partial charge < -0.3 is 0 Å². The van der Waals surface area contributed by atoms with Gasteiger partial charge in [-0.2, -0.15) is 10.1 Å². The maximum atomic E-state index is 11.5. The second-order valence-electron chi connectivity index (χ2n) is 3.43. The van der Waals surface area contributed by atoms with Gasteiger partial charge in [0.15, 0.2) is 0 Å². The number of thioether (sulfide) groups is 1. The number of amides is 1. The third-order valence-corrected chi connectivity index (χ3v) is 3.35. The van der Waals surface area contributed by atoms with Gasteiger partial charge in [-0.25, -0.2) is 5.10 Å². The number of H-pyrrole nitrogens is 1. The molecule has 0 aliphatic rings. The van der Waals surface area contributed by atoms with E-state index in [-0.39, 0.29) is 5.91 Å². The van der Waals surface area contributed by atoms with Crippen LogP contribution in [0.1, 0.15) is 6.42 Å². The maximum Gasteiger partial charge on any atom is 0.227 e. The van der Waals surface area contributed by atoms with E-state index in [1.807, 2.05) is 24.3 Å². The molecule has 0 saturated heterocycles. The summed E-state index contributed by atoms with van der Waals surface area (Å²) in [6.07, 6.45) is 1.76. The van der Waals surface area contributed by atoms with Gasteiger partial charge in [0, 0.05) is 22.1 Å². The first-order valence-electron chi connectivity index (χ1n) is 5.27. The number of nitrogens with one attached hydrogen (secondary N) is 2. The number of hydrogen-bond acceptors (Lipinski definition) is 4. The Balaban J connectivity index is 1.72. The van der Waals surface area contributed by atoms with Gasteiger partial charge in [0.1, 0.15) is 6.33 Å². The first-order valence-corrected chi connectivity index (χ1v) is 6.64. The number of halogens is 1. The van der Waals surface area contributed by atoms with E-state index in [0.29, 0.717) is 23.1 Å². The number of nitrogens with zero attached hydrogens (tertiary/aromatic N) is 2. The van der Waals surface area contributed by atoms with E-state index < -0.39 is 0 Å². The Bertz CT molecular complexity index is 500. The molecule has 0 aliphatic carbocycles. The summed E-state index contributed by atoms with van der Waals surface area (Å²) in [6, 6.07) is 7.53. The monoisotopic (exact) mass is 282 g/mol. The van der Waals surface area contributed by atoms with E-state index in [0.717, 1.165) is 4.90 Å². The van der Waals surface area contributed by atoms with E-state index >= 15 is 0 Å². The minimum atomic E-state index is -0.0896. The standard InChI is InChI=1S/C11H11ClN4OS/c12-8-1-3-9(4-2-8)18-6-5-10(17)15-11-13-7-14-16-11/h1-4,7H,5-6H2,(H2,13,14,15,16,17). The molecule has 18 heavy (non-hydrogen) atoms. The van der Waals surface area contributed by atoms with Crippen LogP contribution in [0.25, 0.3) is 0 Å². The van der Waals surface area contributed by atoms with Crippen LogP contribution in [0.15, 0.2) is 35.5 Å². The van der Waals surface area contributed by atoms with Gasteiger partial charge in [-0.05, 0) is 24.3 Å². The molecule has 2 aromatic rings. The van der Waals surface area contributed by atoms with Crippen molar-refractivity contribution in [3.8, 4) is 0 Å². The van der Waals surface area contributed by atoms with Crippen LogP contribution in [0.4, 0.5) is 5.95 Å². The molecule has 0 fully saturated rings. The highest BCUT2D eigenvalue weighted by Gasteiger charge is 2.04. The van der Waals surface area contributed by atoms with Gasteiger partial charge in [-0.15, -0.1) is 11.8 Å². The predicted molar refractivity (Wildman–Crippen MR) is 71.8 cm³/mol. The van der Waals surface area contributed by atoms with Crippen molar-refractivity contribution in [1.82, 2.24) is 15.2 Å². The minimum absolute atomic E-state index is 0.0896. The molecule has 1 amide bonds. The maximum absolute atomic E-state index is 11.5. The summed E-state index contributed by atoms with van der Waals surface area (Å²) in [7, 11) is 0. The van der Waals surface area contributed by atoms with Crippen LogP contribution < -0.4 is 5.32 Å². The summed E-state index contributed by atoms with van der Waals surface area (Å²) in [5.41, 5.74) is 0. The Kier molecular flexibility index (Phi) is 4.60. The summed E-state index contributed by atoms with van der Waals surface area (Å²) in [5, 5.41) is 9.54. The molecule has 0 bridgehead atoms.